The summed E-state index contributed by atoms with van der Waals surface area (Å²) in [6.07, 6.45) is 1.34. The number of aryl methyl sites for hydroxylation is 1. The molecule has 1 aromatic heterocycles. The standard InChI is InChI=1S/C15H15NO4/c1-9-6-10(15(17)18)8-16-14(9)12-7-11(19-2)4-5-13(12)20-3/h4-8H,1-3H3,(H,17,18). The smallest absolute Gasteiger partial charge is 0.337 e. The van der Waals surface area contributed by atoms with Crippen LogP contribution in [0.1, 0.15) is 15.9 Å². The third-order valence-corrected chi connectivity index (χ3v) is 2.99. The lowest BCUT2D eigenvalue weighted by Crippen LogP contribution is -2.00. The van der Waals surface area contributed by atoms with Crippen LogP contribution in [0, 0.1) is 6.92 Å². The van der Waals surface area contributed by atoms with E-state index in [1.54, 1.807) is 32.4 Å². The molecule has 5 nitrogen and oxygen atoms in total. The first-order valence-electron chi connectivity index (χ1n) is 5.99. The number of aromatic carboxylic acids is 1. The van der Waals surface area contributed by atoms with Crippen LogP contribution in [0.25, 0.3) is 11.3 Å². The normalized spacial score (nSPS) is 10.2. The van der Waals surface area contributed by atoms with Crippen molar-refractivity contribution in [2.75, 3.05) is 14.2 Å². The molecule has 0 bridgehead atoms. The van der Waals surface area contributed by atoms with Crippen LogP contribution < -0.4 is 9.47 Å². The molecule has 2 rings (SSSR count). The van der Waals surface area contributed by atoms with E-state index in [-0.39, 0.29) is 5.56 Å². The zero-order valence-corrected chi connectivity index (χ0v) is 11.5. The molecule has 0 aliphatic carbocycles. The first kappa shape index (κ1) is 13.9. The van der Waals surface area contributed by atoms with Crippen molar-refractivity contribution >= 4 is 5.97 Å². The van der Waals surface area contributed by atoms with E-state index >= 15 is 0 Å². The van der Waals surface area contributed by atoms with Crippen LogP contribution in [0.5, 0.6) is 11.5 Å². The number of aromatic nitrogens is 1. The van der Waals surface area contributed by atoms with Gasteiger partial charge in [0.15, 0.2) is 0 Å². The molecule has 104 valence electrons. The van der Waals surface area contributed by atoms with Crippen molar-refractivity contribution in [3.63, 3.8) is 0 Å². The molecule has 0 aliphatic rings. The van der Waals surface area contributed by atoms with Gasteiger partial charge in [-0.15, -0.1) is 0 Å². The Morgan fingerprint density at radius 3 is 2.50 bits per heavy atom. The summed E-state index contributed by atoms with van der Waals surface area (Å²) in [5.74, 6) is 0.346. The Kier molecular flexibility index (Phi) is 3.89. The molecule has 0 fully saturated rings. The molecule has 0 amide bonds. The maximum Gasteiger partial charge on any atom is 0.337 e. The summed E-state index contributed by atoms with van der Waals surface area (Å²) in [4.78, 5) is 15.2. The molecule has 0 saturated carbocycles. The van der Waals surface area contributed by atoms with Gasteiger partial charge in [-0.1, -0.05) is 0 Å². The van der Waals surface area contributed by atoms with Gasteiger partial charge in [0.2, 0.25) is 0 Å². The molecule has 0 saturated heterocycles. The van der Waals surface area contributed by atoms with Crippen molar-refractivity contribution < 1.29 is 19.4 Å². The molecule has 0 spiro atoms. The Labute approximate surface area is 116 Å². The second-order valence-electron chi connectivity index (χ2n) is 4.26. The molecule has 20 heavy (non-hydrogen) atoms. The minimum Gasteiger partial charge on any atom is -0.497 e. The van der Waals surface area contributed by atoms with Gasteiger partial charge in [-0.2, -0.15) is 0 Å². The Balaban J connectivity index is 2.58. The van der Waals surface area contributed by atoms with Gasteiger partial charge in [0.1, 0.15) is 11.5 Å². The van der Waals surface area contributed by atoms with Gasteiger partial charge in [-0.3, -0.25) is 4.98 Å². The highest BCUT2D eigenvalue weighted by Crippen LogP contribution is 2.34. The van der Waals surface area contributed by atoms with Crippen LogP contribution in [0.2, 0.25) is 0 Å². The largest absolute Gasteiger partial charge is 0.497 e. The molecule has 2 aromatic rings. The molecular formula is C15H15NO4. The first-order chi connectivity index (χ1) is 9.56. The van der Waals surface area contributed by atoms with Gasteiger partial charge in [0.25, 0.3) is 0 Å². The quantitative estimate of drug-likeness (QED) is 0.927. The lowest BCUT2D eigenvalue weighted by molar-refractivity contribution is 0.0696. The summed E-state index contributed by atoms with van der Waals surface area (Å²) >= 11 is 0. The van der Waals surface area contributed by atoms with Crippen LogP contribution >= 0.6 is 0 Å². The summed E-state index contributed by atoms with van der Waals surface area (Å²) in [7, 11) is 3.16. The van der Waals surface area contributed by atoms with Crippen molar-refractivity contribution in [3.05, 3.63) is 41.6 Å². The SMILES string of the molecule is COc1ccc(OC)c(-c2ncc(C(=O)O)cc2C)c1. The number of carboxylic acids is 1. The average Bonchev–Trinajstić information content (AvgIpc) is 2.46. The predicted molar refractivity (Wildman–Crippen MR) is 74.5 cm³/mol. The molecule has 0 radical (unpaired) electrons. The fourth-order valence-electron chi connectivity index (χ4n) is 1.97. The number of nitrogens with zero attached hydrogens (tertiary/aromatic N) is 1. The van der Waals surface area contributed by atoms with Gasteiger partial charge < -0.3 is 14.6 Å². The Hall–Kier alpha value is -2.56. The van der Waals surface area contributed by atoms with Crippen LogP contribution in [0.15, 0.2) is 30.5 Å². The Morgan fingerprint density at radius 1 is 1.20 bits per heavy atom. The zero-order chi connectivity index (χ0) is 14.7. The fourth-order valence-corrected chi connectivity index (χ4v) is 1.97. The van der Waals surface area contributed by atoms with Crippen molar-refractivity contribution in [2.24, 2.45) is 0 Å². The van der Waals surface area contributed by atoms with Crippen LogP contribution in [-0.4, -0.2) is 30.3 Å². The van der Waals surface area contributed by atoms with E-state index in [1.165, 1.54) is 6.20 Å². The maximum absolute atomic E-state index is 10.9. The minimum absolute atomic E-state index is 0.160. The molecule has 0 atom stereocenters. The number of methoxy groups -OCH3 is 2. The zero-order valence-electron chi connectivity index (χ0n) is 11.5. The summed E-state index contributed by atoms with van der Waals surface area (Å²) in [5, 5.41) is 8.97. The number of ether oxygens (including phenoxy) is 2. The van der Waals surface area contributed by atoms with Gasteiger partial charge in [-0.25, -0.2) is 4.79 Å². The fraction of sp³-hybridized carbons (Fsp3) is 0.200. The third kappa shape index (κ3) is 2.56. The Bertz CT molecular complexity index is 652. The number of benzene rings is 1. The van der Waals surface area contributed by atoms with Crippen molar-refractivity contribution in [1.82, 2.24) is 4.98 Å². The molecule has 0 unspecified atom stereocenters. The summed E-state index contributed by atoms with van der Waals surface area (Å²) in [6, 6.07) is 6.99. The van der Waals surface area contributed by atoms with Gasteiger partial charge in [-0.05, 0) is 36.8 Å². The highest BCUT2D eigenvalue weighted by Gasteiger charge is 2.13. The molecule has 1 heterocycles. The van der Waals surface area contributed by atoms with Gasteiger partial charge in [0, 0.05) is 11.8 Å². The van der Waals surface area contributed by atoms with Gasteiger partial charge >= 0.3 is 5.97 Å². The van der Waals surface area contributed by atoms with Crippen LogP contribution in [0.4, 0.5) is 0 Å². The monoisotopic (exact) mass is 273 g/mol. The summed E-state index contributed by atoms with van der Waals surface area (Å²) < 4.78 is 10.5. The molecule has 0 aliphatic heterocycles. The predicted octanol–water partition coefficient (Wildman–Crippen LogP) is 2.77. The van der Waals surface area contributed by atoms with Crippen LogP contribution in [0.3, 0.4) is 0 Å². The lowest BCUT2D eigenvalue weighted by atomic mass is 10.0. The lowest BCUT2D eigenvalue weighted by Gasteiger charge is -2.12. The van der Waals surface area contributed by atoms with E-state index in [0.29, 0.717) is 17.2 Å². The van der Waals surface area contributed by atoms with Crippen LogP contribution in [-0.2, 0) is 0 Å². The second kappa shape index (κ2) is 5.61. The summed E-state index contributed by atoms with van der Waals surface area (Å²) in [6.45, 7) is 1.81. The third-order valence-electron chi connectivity index (χ3n) is 2.99. The molecular weight excluding hydrogens is 258 g/mol. The van der Waals surface area contributed by atoms with E-state index in [2.05, 4.69) is 4.98 Å². The van der Waals surface area contributed by atoms with Crippen molar-refractivity contribution in [2.45, 2.75) is 6.92 Å². The summed E-state index contributed by atoms with van der Waals surface area (Å²) in [5.41, 5.74) is 2.36. The Morgan fingerprint density at radius 2 is 1.95 bits per heavy atom. The first-order valence-corrected chi connectivity index (χ1v) is 5.99. The number of hydrogen-bond donors (Lipinski definition) is 1. The highest BCUT2D eigenvalue weighted by molar-refractivity contribution is 5.88. The van der Waals surface area contributed by atoms with E-state index in [9.17, 15) is 4.79 Å². The number of rotatable bonds is 4. The van der Waals surface area contributed by atoms with Gasteiger partial charge in [0.05, 0.1) is 25.5 Å². The van der Waals surface area contributed by atoms with E-state index < -0.39 is 5.97 Å². The second-order valence-corrected chi connectivity index (χ2v) is 4.26. The van der Waals surface area contributed by atoms with Crippen molar-refractivity contribution in [1.29, 1.82) is 0 Å². The number of carboxylic acid groups (broad SMARTS) is 1. The van der Waals surface area contributed by atoms with E-state index in [0.717, 1.165) is 11.1 Å². The number of hydrogen-bond acceptors (Lipinski definition) is 4. The minimum atomic E-state index is -0.996. The van der Waals surface area contributed by atoms with Crippen molar-refractivity contribution in [3.8, 4) is 22.8 Å². The average molecular weight is 273 g/mol. The van der Waals surface area contributed by atoms with E-state index in [1.807, 2.05) is 13.0 Å². The number of pyridine rings is 1. The maximum atomic E-state index is 10.9. The molecule has 1 N–H and O–H groups in total. The molecule has 5 heteroatoms. The molecule has 1 aromatic carbocycles. The highest BCUT2D eigenvalue weighted by atomic mass is 16.5. The number of carbonyl (C=O) groups is 1. The van der Waals surface area contributed by atoms with E-state index in [4.69, 9.17) is 14.6 Å². The topological polar surface area (TPSA) is 68.7 Å².